The fourth-order valence-corrected chi connectivity index (χ4v) is 4.09. The van der Waals surface area contributed by atoms with Gasteiger partial charge in [-0.15, -0.1) is 0 Å². The molecule has 2 aromatic heterocycles. The standard InChI is InChI=1S/C23H30N6O3/c1-4-27-15-24-19-13-18(7-8-20(19)27)25-23(31)21-14-28(10-11-32-21)22(30)6-5-9-29-17(3)12-16(2)26-29/h7-8,12-13,15,21H,4-6,9-11,14H2,1-3H3,(H,25,31). The maximum Gasteiger partial charge on any atom is 0.255 e. The molecule has 1 atom stereocenters. The predicted octanol–water partition coefficient (Wildman–Crippen LogP) is 2.52. The van der Waals surface area contributed by atoms with Gasteiger partial charge in [-0.05, 0) is 51.5 Å². The molecule has 0 radical (unpaired) electrons. The highest BCUT2D eigenvalue weighted by Gasteiger charge is 2.29. The highest BCUT2D eigenvalue weighted by Crippen LogP contribution is 2.19. The molecule has 0 bridgehead atoms. The smallest absolute Gasteiger partial charge is 0.255 e. The van der Waals surface area contributed by atoms with Crippen molar-refractivity contribution in [2.24, 2.45) is 0 Å². The number of rotatable bonds is 7. The quantitative estimate of drug-likeness (QED) is 0.612. The lowest BCUT2D eigenvalue weighted by molar-refractivity contribution is -0.144. The van der Waals surface area contributed by atoms with Crippen molar-refractivity contribution in [3.8, 4) is 0 Å². The Morgan fingerprint density at radius 3 is 2.84 bits per heavy atom. The van der Waals surface area contributed by atoms with Gasteiger partial charge in [-0.2, -0.15) is 5.10 Å². The van der Waals surface area contributed by atoms with Gasteiger partial charge >= 0.3 is 0 Å². The molecule has 9 nitrogen and oxygen atoms in total. The van der Waals surface area contributed by atoms with Gasteiger partial charge in [0.1, 0.15) is 0 Å². The fraction of sp³-hybridized carbons (Fsp3) is 0.478. The summed E-state index contributed by atoms with van der Waals surface area (Å²) >= 11 is 0. The summed E-state index contributed by atoms with van der Waals surface area (Å²) in [6, 6.07) is 7.69. The number of carbonyl (C=O) groups excluding carboxylic acids is 2. The Labute approximate surface area is 187 Å². The Morgan fingerprint density at radius 2 is 2.09 bits per heavy atom. The number of ether oxygens (including phenoxy) is 1. The first-order valence-corrected chi connectivity index (χ1v) is 11.1. The van der Waals surface area contributed by atoms with Crippen LogP contribution in [0.1, 0.15) is 31.2 Å². The number of aryl methyl sites for hydroxylation is 4. The minimum atomic E-state index is -0.687. The first-order valence-electron chi connectivity index (χ1n) is 11.1. The monoisotopic (exact) mass is 438 g/mol. The largest absolute Gasteiger partial charge is 0.365 e. The second kappa shape index (κ2) is 9.52. The zero-order valence-corrected chi connectivity index (χ0v) is 18.9. The van der Waals surface area contributed by atoms with Crippen molar-refractivity contribution >= 4 is 28.5 Å². The van der Waals surface area contributed by atoms with E-state index in [1.807, 2.05) is 47.4 Å². The van der Waals surface area contributed by atoms with Crippen molar-refractivity contribution in [3.05, 3.63) is 42.0 Å². The number of aromatic nitrogens is 4. The number of anilines is 1. The third-order valence-electron chi connectivity index (χ3n) is 5.80. The van der Waals surface area contributed by atoms with E-state index in [-0.39, 0.29) is 18.4 Å². The van der Waals surface area contributed by atoms with Crippen LogP contribution < -0.4 is 5.32 Å². The molecular formula is C23H30N6O3. The number of benzene rings is 1. The highest BCUT2D eigenvalue weighted by molar-refractivity contribution is 5.96. The van der Waals surface area contributed by atoms with Crippen LogP contribution in [0, 0.1) is 13.8 Å². The van der Waals surface area contributed by atoms with Crippen LogP contribution in [0.4, 0.5) is 5.69 Å². The maximum absolute atomic E-state index is 12.8. The molecule has 1 N–H and O–H groups in total. The topological polar surface area (TPSA) is 94.3 Å². The first kappa shape index (κ1) is 22.0. The molecule has 0 saturated carbocycles. The lowest BCUT2D eigenvalue weighted by Crippen LogP contribution is -2.50. The Hall–Kier alpha value is -3.20. The van der Waals surface area contributed by atoms with Crippen molar-refractivity contribution in [1.29, 1.82) is 0 Å². The van der Waals surface area contributed by atoms with Crippen molar-refractivity contribution in [3.63, 3.8) is 0 Å². The molecule has 1 aliphatic rings. The van der Waals surface area contributed by atoms with E-state index in [4.69, 9.17) is 4.74 Å². The Kier molecular flexibility index (Phi) is 6.55. The van der Waals surface area contributed by atoms with Crippen LogP contribution in [0.25, 0.3) is 11.0 Å². The van der Waals surface area contributed by atoms with E-state index >= 15 is 0 Å². The number of nitrogens with zero attached hydrogens (tertiary/aromatic N) is 5. The van der Waals surface area contributed by atoms with Crippen molar-refractivity contribution in [2.45, 2.75) is 52.8 Å². The van der Waals surface area contributed by atoms with Crippen LogP contribution in [0.5, 0.6) is 0 Å². The van der Waals surface area contributed by atoms with Crippen molar-refractivity contribution < 1.29 is 14.3 Å². The Bertz CT molecular complexity index is 1120. The number of nitrogens with one attached hydrogen (secondary N) is 1. The molecule has 9 heteroatoms. The van der Waals surface area contributed by atoms with Gasteiger partial charge in [-0.1, -0.05) is 0 Å². The fourth-order valence-electron chi connectivity index (χ4n) is 4.09. The van der Waals surface area contributed by atoms with E-state index in [9.17, 15) is 9.59 Å². The van der Waals surface area contributed by atoms with Gasteiger partial charge < -0.3 is 19.5 Å². The summed E-state index contributed by atoms with van der Waals surface area (Å²) in [6.07, 6.45) is 2.23. The van der Waals surface area contributed by atoms with E-state index in [1.54, 1.807) is 11.2 Å². The zero-order chi connectivity index (χ0) is 22.7. The molecule has 3 aromatic rings. The molecule has 1 aromatic carbocycles. The maximum atomic E-state index is 12.8. The lowest BCUT2D eigenvalue weighted by atomic mass is 10.2. The van der Waals surface area contributed by atoms with Gasteiger partial charge in [0.25, 0.3) is 5.91 Å². The van der Waals surface area contributed by atoms with Gasteiger partial charge in [-0.25, -0.2) is 4.98 Å². The number of carbonyl (C=O) groups is 2. The summed E-state index contributed by atoms with van der Waals surface area (Å²) in [6.45, 7) is 8.69. The summed E-state index contributed by atoms with van der Waals surface area (Å²) in [5.74, 6) is -0.210. The van der Waals surface area contributed by atoms with Crippen LogP contribution in [0.3, 0.4) is 0 Å². The van der Waals surface area contributed by atoms with Gasteiger partial charge in [0.05, 0.1) is 36.2 Å². The van der Waals surface area contributed by atoms with E-state index in [0.29, 0.717) is 38.2 Å². The number of hydrogen-bond donors (Lipinski definition) is 1. The van der Waals surface area contributed by atoms with Gasteiger partial charge in [-0.3, -0.25) is 14.3 Å². The van der Waals surface area contributed by atoms with Crippen LogP contribution in [0.15, 0.2) is 30.6 Å². The van der Waals surface area contributed by atoms with Crippen LogP contribution >= 0.6 is 0 Å². The number of imidazole rings is 1. The minimum absolute atomic E-state index is 0.0409. The summed E-state index contributed by atoms with van der Waals surface area (Å²) < 4.78 is 9.63. The van der Waals surface area contributed by atoms with E-state index in [2.05, 4.69) is 22.3 Å². The summed E-state index contributed by atoms with van der Waals surface area (Å²) in [7, 11) is 0. The first-order chi connectivity index (χ1) is 15.4. The van der Waals surface area contributed by atoms with E-state index in [0.717, 1.165) is 29.0 Å². The number of morpholine rings is 1. The Morgan fingerprint density at radius 1 is 1.25 bits per heavy atom. The molecular weight excluding hydrogens is 408 g/mol. The van der Waals surface area contributed by atoms with E-state index in [1.165, 1.54) is 0 Å². The summed E-state index contributed by atoms with van der Waals surface area (Å²) in [4.78, 5) is 31.5. The van der Waals surface area contributed by atoms with Gasteiger partial charge in [0.15, 0.2) is 6.10 Å². The van der Waals surface area contributed by atoms with Crippen LogP contribution in [-0.4, -0.2) is 61.8 Å². The average molecular weight is 439 g/mol. The third-order valence-corrected chi connectivity index (χ3v) is 5.80. The highest BCUT2D eigenvalue weighted by atomic mass is 16.5. The molecule has 0 spiro atoms. The van der Waals surface area contributed by atoms with Crippen LogP contribution in [-0.2, 0) is 27.4 Å². The van der Waals surface area contributed by atoms with Crippen LogP contribution in [0.2, 0.25) is 0 Å². The van der Waals surface area contributed by atoms with Crippen molar-refractivity contribution in [2.75, 3.05) is 25.0 Å². The number of amides is 2. The second-order valence-corrected chi connectivity index (χ2v) is 8.18. The molecule has 32 heavy (non-hydrogen) atoms. The second-order valence-electron chi connectivity index (χ2n) is 8.18. The molecule has 1 aliphatic heterocycles. The zero-order valence-electron chi connectivity index (χ0n) is 18.9. The SMILES string of the molecule is CCn1cnc2cc(NC(=O)C3CN(C(=O)CCCn4nc(C)cc4C)CCO3)ccc21. The summed E-state index contributed by atoms with van der Waals surface area (Å²) in [5.41, 5.74) is 4.59. The average Bonchev–Trinajstić information content (AvgIpc) is 3.35. The van der Waals surface area contributed by atoms with E-state index < -0.39 is 6.10 Å². The number of hydrogen-bond acceptors (Lipinski definition) is 5. The predicted molar refractivity (Wildman–Crippen MR) is 121 cm³/mol. The molecule has 4 rings (SSSR count). The Balaban J connectivity index is 1.30. The molecule has 2 amide bonds. The molecule has 3 heterocycles. The molecule has 170 valence electrons. The summed E-state index contributed by atoms with van der Waals surface area (Å²) in [5, 5.41) is 7.33. The minimum Gasteiger partial charge on any atom is -0.365 e. The van der Waals surface area contributed by atoms with Crippen molar-refractivity contribution in [1.82, 2.24) is 24.2 Å². The molecule has 1 fully saturated rings. The molecule has 1 saturated heterocycles. The number of fused-ring (bicyclic) bond motifs is 1. The molecule has 0 aliphatic carbocycles. The lowest BCUT2D eigenvalue weighted by Gasteiger charge is -2.32. The van der Waals surface area contributed by atoms with Gasteiger partial charge in [0.2, 0.25) is 5.91 Å². The third kappa shape index (κ3) is 4.83. The normalized spacial score (nSPS) is 16.5. The van der Waals surface area contributed by atoms with Gasteiger partial charge in [0, 0.05) is 37.4 Å². The molecule has 1 unspecified atom stereocenters.